The Kier molecular flexibility index (Phi) is 6.70. The van der Waals surface area contributed by atoms with E-state index in [4.69, 9.17) is 20.6 Å². The SMILES string of the molecule is CCOC(CCC(=N)N)OCC. The van der Waals surface area contributed by atoms with E-state index in [9.17, 15) is 0 Å². The van der Waals surface area contributed by atoms with Crippen LogP contribution in [0.25, 0.3) is 0 Å². The summed E-state index contributed by atoms with van der Waals surface area (Å²) in [4.78, 5) is 0. The van der Waals surface area contributed by atoms with Crippen LogP contribution in [0.5, 0.6) is 0 Å². The molecule has 0 saturated heterocycles. The summed E-state index contributed by atoms with van der Waals surface area (Å²) in [5.41, 5.74) is 5.21. The smallest absolute Gasteiger partial charge is 0.157 e. The minimum Gasteiger partial charge on any atom is -0.388 e. The van der Waals surface area contributed by atoms with E-state index < -0.39 is 0 Å². The summed E-state index contributed by atoms with van der Waals surface area (Å²) in [6.07, 6.45) is 0.991. The fraction of sp³-hybridized carbons (Fsp3) is 0.875. The van der Waals surface area contributed by atoms with Gasteiger partial charge >= 0.3 is 0 Å². The Bertz CT molecular complexity index is 122. The van der Waals surface area contributed by atoms with Crippen LogP contribution in [-0.4, -0.2) is 25.3 Å². The van der Waals surface area contributed by atoms with Crippen LogP contribution in [-0.2, 0) is 9.47 Å². The largest absolute Gasteiger partial charge is 0.388 e. The highest BCUT2D eigenvalue weighted by atomic mass is 16.7. The highest BCUT2D eigenvalue weighted by molar-refractivity contribution is 5.76. The standard InChI is InChI=1S/C8H18N2O2/c1-3-11-8(12-4-2)6-5-7(9)10/h8H,3-6H2,1-2H3,(H3,9,10). The summed E-state index contributed by atoms with van der Waals surface area (Å²) in [6, 6.07) is 0. The molecule has 0 heterocycles. The van der Waals surface area contributed by atoms with E-state index in [-0.39, 0.29) is 12.1 Å². The van der Waals surface area contributed by atoms with E-state index in [1.54, 1.807) is 0 Å². The number of rotatable bonds is 7. The van der Waals surface area contributed by atoms with Gasteiger partial charge in [0.15, 0.2) is 6.29 Å². The summed E-state index contributed by atoms with van der Waals surface area (Å²) in [6.45, 7) is 5.09. The van der Waals surface area contributed by atoms with Crippen LogP contribution >= 0.6 is 0 Å². The number of amidine groups is 1. The van der Waals surface area contributed by atoms with Crippen molar-refractivity contribution in [1.82, 2.24) is 0 Å². The van der Waals surface area contributed by atoms with Gasteiger partial charge in [0.25, 0.3) is 0 Å². The topological polar surface area (TPSA) is 68.3 Å². The average Bonchev–Trinajstić information content (AvgIpc) is 2.01. The maximum absolute atomic E-state index is 7.02. The summed E-state index contributed by atoms with van der Waals surface area (Å²) in [5.74, 6) is 0.180. The molecule has 0 aliphatic rings. The third-order valence-corrected chi connectivity index (χ3v) is 1.35. The van der Waals surface area contributed by atoms with E-state index in [1.165, 1.54) is 0 Å². The zero-order valence-electron chi connectivity index (χ0n) is 7.80. The van der Waals surface area contributed by atoms with Crippen molar-refractivity contribution in [3.05, 3.63) is 0 Å². The fourth-order valence-corrected chi connectivity index (χ4v) is 0.860. The molecule has 0 aromatic heterocycles. The molecular weight excluding hydrogens is 156 g/mol. The van der Waals surface area contributed by atoms with Gasteiger partial charge in [0.05, 0.1) is 5.84 Å². The minimum atomic E-state index is -0.205. The summed E-state index contributed by atoms with van der Waals surface area (Å²) in [5, 5.41) is 7.02. The Morgan fingerprint density at radius 1 is 1.33 bits per heavy atom. The highest BCUT2D eigenvalue weighted by Crippen LogP contribution is 2.03. The minimum absolute atomic E-state index is 0.180. The van der Waals surface area contributed by atoms with Gasteiger partial charge in [-0.3, -0.25) is 5.41 Å². The van der Waals surface area contributed by atoms with Gasteiger partial charge < -0.3 is 15.2 Å². The highest BCUT2D eigenvalue weighted by Gasteiger charge is 2.07. The van der Waals surface area contributed by atoms with Gasteiger partial charge in [-0.15, -0.1) is 0 Å². The molecule has 12 heavy (non-hydrogen) atoms. The Labute approximate surface area is 73.5 Å². The van der Waals surface area contributed by atoms with Crippen LogP contribution in [0.1, 0.15) is 26.7 Å². The predicted molar refractivity (Wildman–Crippen MR) is 48.2 cm³/mol. The van der Waals surface area contributed by atoms with Crippen LogP contribution in [0.15, 0.2) is 0 Å². The number of nitrogens with two attached hydrogens (primary N) is 1. The van der Waals surface area contributed by atoms with Crippen molar-refractivity contribution in [3.8, 4) is 0 Å². The second-order valence-electron chi connectivity index (χ2n) is 2.40. The lowest BCUT2D eigenvalue weighted by Crippen LogP contribution is -2.20. The van der Waals surface area contributed by atoms with Crippen molar-refractivity contribution >= 4 is 5.84 Å². The van der Waals surface area contributed by atoms with Crippen molar-refractivity contribution in [2.75, 3.05) is 13.2 Å². The predicted octanol–water partition coefficient (Wildman–Crippen LogP) is 1.10. The second-order valence-corrected chi connectivity index (χ2v) is 2.40. The maximum atomic E-state index is 7.02. The molecule has 72 valence electrons. The molecule has 3 N–H and O–H groups in total. The molecule has 0 radical (unpaired) electrons. The third kappa shape index (κ3) is 6.12. The third-order valence-electron chi connectivity index (χ3n) is 1.35. The quantitative estimate of drug-likeness (QED) is 0.345. The van der Waals surface area contributed by atoms with E-state index in [0.717, 1.165) is 0 Å². The lowest BCUT2D eigenvalue weighted by molar-refractivity contribution is -0.138. The van der Waals surface area contributed by atoms with Gasteiger partial charge in [0.2, 0.25) is 0 Å². The molecule has 4 nitrogen and oxygen atoms in total. The molecule has 0 unspecified atom stereocenters. The van der Waals surface area contributed by atoms with Crippen LogP contribution in [0, 0.1) is 5.41 Å². The first-order chi connectivity index (χ1) is 5.70. The normalized spacial score (nSPS) is 10.6. The molecular formula is C8H18N2O2. The van der Waals surface area contributed by atoms with Crippen LogP contribution in [0.4, 0.5) is 0 Å². The Balaban J connectivity index is 3.54. The Morgan fingerprint density at radius 3 is 2.17 bits per heavy atom. The van der Waals surface area contributed by atoms with Crippen LogP contribution < -0.4 is 5.73 Å². The molecule has 0 amide bonds. The molecule has 4 heteroatoms. The number of nitrogens with one attached hydrogen (secondary N) is 1. The average molecular weight is 174 g/mol. The monoisotopic (exact) mass is 174 g/mol. The van der Waals surface area contributed by atoms with Crippen LogP contribution in [0.2, 0.25) is 0 Å². The van der Waals surface area contributed by atoms with Crippen molar-refractivity contribution in [2.45, 2.75) is 33.0 Å². The van der Waals surface area contributed by atoms with Gasteiger partial charge in [-0.2, -0.15) is 0 Å². The molecule has 0 bridgehead atoms. The van der Waals surface area contributed by atoms with Crippen molar-refractivity contribution < 1.29 is 9.47 Å². The first-order valence-electron chi connectivity index (χ1n) is 4.26. The van der Waals surface area contributed by atoms with Gasteiger partial charge in [-0.1, -0.05) is 0 Å². The molecule has 0 saturated carbocycles. The first kappa shape index (κ1) is 11.4. The number of ether oxygens (including phenoxy) is 2. The fourth-order valence-electron chi connectivity index (χ4n) is 0.860. The van der Waals surface area contributed by atoms with E-state index in [1.807, 2.05) is 13.8 Å². The van der Waals surface area contributed by atoms with Crippen molar-refractivity contribution in [2.24, 2.45) is 5.73 Å². The van der Waals surface area contributed by atoms with E-state index >= 15 is 0 Å². The van der Waals surface area contributed by atoms with Gasteiger partial charge in [-0.05, 0) is 13.8 Å². The molecule has 0 aliphatic carbocycles. The van der Waals surface area contributed by atoms with Gasteiger partial charge in [0, 0.05) is 26.1 Å². The Hall–Kier alpha value is -0.610. The molecule has 0 fully saturated rings. The Morgan fingerprint density at radius 2 is 1.83 bits per heavy atom. The zero-order chi connectivity index (χ0) is 9.40. The lowest BCUT2D eigenvalue weighted by Gasteiger charge is -2.15. The maximum Gasteiger partial charge on any atom is 0.157 e. The summed E-state index contributed by atoms with van der Waals surface area (Å²) >= 11 is 0. The first-order valence-corrected chi connectivity index (χ1v) is 4.26. The number of hydrogen-bond donors (Lipinski definition) is 2. The van der Waals surface area contributed by atoms with Crippen molar-refractivity contribution in [1.29, 1.82) is 5.41 Å². The molecule has 0 aromatic carbocycles. The van der Waals surface area contributed by atoms with Crippen molar-refractivity contribution in [3.63, 3.8) is 0 Å². The molecule has 0 rings (SSSR count). The summed E-state index contributed by atoms with van der Waals surface area (Å²) in [7, 11) is 0. The van der Waals surface area contributed by atoms with E-state index in [2.05, 4.69) is 0 Å². The lowest BCUT2D eigenvalue weighted by atomic mass is 10.3. The molecule has 0 aliphatic heterocycles. The van der Waals surface area contributed by atoms with Gasteiger partial charge in [0.1, 0.15) is 0 Å². The van der Waals surface area contributed by atoms with Crippen LogP contribution in [0.3, 0.4) is 0 Å². The summed E-state index contributed by atoms with van der Waals surface area (Å²) < 4.78 is 10.5. The molecule has 0 atom stereocenters. The van der Waals surface area contributed by atoms with E-state index in [0.29, 0.717) is 26.1 Å². The van der Waals surface area contributed by atoms with Gasteiger partial charge in [-0.25, -0.2) is 0 Å². The number of hydrogen-bond acceptors (Lipinski definition) is 3. The molecule has 0 aromatic rings. The second kappa shape index (κ2) is 7.06. The molecule has 0 spiro atoms. The zero-order valence-corrected chi connectivity index (χ0v) is 7.80.